The number of likely N-dealkylation sites (tertiary alicyclic amines) is 1. The van der Waals surface area contributed by atoms with Crippen molar-refractivity contribution in [3.8, 4) is 5.75 Å². The van der Waals surface area contributed by atoms with Gasteiger partial charge in [-0.1, -0.05) is 27.5 Å². The zero-order valence-electron chi connectivity index (χ0n) is 10.3. The van der Waals surface area contributed by atoms with Crippen LogP contribution in [0.2, 0.25) is 5.02 Å². The van der Waals surface area contributed by atoms with Gasteiger partial charge >= 0.3 is 0 Å². The summed E-state index contributed by atoms with van der Waals surface area (Å²) in [6.07, 6.45) is -0.292. The molecule has 1 amide bonds. The predicted octanol–water partition coefficient (Wildman–Crippen LogP) is 2.64. The second-order valence-electron chi connectivity index (χ2n) is 4.31. The molecule has 1 aliphatic heterocycles. The lowest BCUT2D eigenvalue weighted by molar-refractivity contribution is -0.132. The third kappa shape index (κ3) is 3.21. The summed E-state index contributed by atoms with van der Waals surface area (Å²) in [5.41, 5.74) is 0. The number of carbonyl (C=O) groups is 1. The van der Waals surface area contributed by atoms with Gasteiger partial charge in [-0.25, -0.2) is 8.42 Å². The van der Waals surface area contributed by atoms with Crippen molar-refractivity contribution in [3.05, 3.63) is 21.6 Å². The topological polar surface area (TPSA) is 63.7 Å². The molecule has 0 bridgehead atoms. The molecule has 0 aliphatic carbocycles. The van der Waals surface area contributed by atoms with E-state index in [0.29, 0.717) is 17.4 Å². The molecular weight excluding hydrogens is 393 g/mol. The Morgan fingerprint density at radius 3 is 2.60 bits per heavy atom. The Morgan fingerprint density at radius 1 is 1.45 bits per heavy atom. The van der Waals surface area contributed by atoms with E-state index >= 15 is 0 Å². The van der Waals surface area contributed by atoms with Crippen LogP contribution in [0.5, 0.6) is 5.75 Å². The van der Waals surface area contributed by atoms with Crippen molar-refractivity contribution in [3.63, 3.8) is 0 Å². The van der Waals surface area contributed by atoms with Gasteiger partial charge in [-0.2, -0.15) is 0 Å². The van der Waals surface area contributed by atoms with Gasteiger partial charge in [0.25, 0.3) is 15.0 Å². The van der Waals surface area contributed by atoms with E-state index in [0.717, 1.165) is 0 Å². The Kier molecular flexibility index (Phi) is 4.53. The van der Waals surface area contributed by atoms with Gasteiger partial charge in [-0.3, -0.25) is 4.79 Å². The number of ether oxygens (including phenoxy) is 1. The van der Waals surface area contributed by atoms with Crippen LogP contribution in [0.3, 0.4) is 0 Å². The number of hydrogen-bond acceptors (Lipinski definition) is 4. The predicted molar refractivity (Wildman–Crippen MR) is 78.9 cm³/mol. The molecule has 1 aromatic rings. The van der Waals surface area contributed by atoms with Gasteiger partial charge in [-0.05, 0) is 12.1 Å². The first-order valence-electron chi connectivity index (χ1n) is 5.55. The van der Waals surface area contributed by atoms with E-state index in [1.54, 1.807) is 7.05 Å². The minimum atomic E-state index is -4.04. The minimum Gasteiger partial charge on any atom is -0.478 e. The van der Waals surface area contributed by atoms with Gasteiger partial charge < -0.3 is 9.64 Å². The van der Waals surface area contributed by atoms with Crippen LogP contribution in [0.25, 0.3) is 0 Å². The van der Waals surface area contributed by atoms with Crippen molar-refractivity contribution in [1.82, 2.24) is 4.90 Å². The van der Waals surface area contributed by atoms with Crippen molar-refractivity contribution in [1.29, 1.82) is 0 Å². The summed E-state index contributed by atoms with van der Waals surface area (Å²) >= 11 is 9.14. The number of rotatable bonds is 3. The minimum absolute atomic E-state index is 0.0703. The fraction of sp³-hybridized carbons (Fsp3) is 0.364. The third-order valence-electron chi connectivity index (χ3n) is 2.88. The van der Waals surface area contributed by atoms with Gasteiger partial charge in [0.1, 0.15) is 4.90 Å². The normalized spacial score (nSPS) is 19.5. The molecule has 1 fully saturated rings. The van der Waals surface area contributed by atoms with E-state index in [1.807, 2.05) is 0 Å². The van der Waals surface area contributed by atoms with Crippen LogP contribution < -0.4 is 4.74 Å². The molecule has 9 heteroatoms. The average Bonchev–Trinajstić information content (AvgIpc) is 2.62. The standard InChI is InChI=1S/C11H10BrCl2NO4S/c1-15-3-2-8(11(15)16)19-10-7(13)4-6(12)5-9(10)20(14,17)18/h4-5,8H,2-3H2,1H3. The highest BCUT2D eigenvalue weighted by Crippen LogP contribution is 2.38. The number of amides is 1. The number of carbonyl (C=O) groups excluding carboxylic acids is 1. The fourth-order valence-corrected chi connectivity index (χ4v) is 3.93. The quantitative estimate of drug-likeness (QED) is 0.729. The van der Waals surface area contributed by atoms with Gasteiger partial charge in [0.15, 0.2) is 11.9 Å². The van der Waals surface area contributed by atoms with Crippen molar-refractivity contribution in [2.45, 2.75) is 17.4 Å². The second-order valence-corrected chi connectivity index (χ2v) is 8.16. The van der Waals surface area contributed by atoms with Crippen LogP contribution in [0.15, 0.2) is 21.5 Å². The van der Waals surface area contributed by atoms with E-state index in [2.05, 4.69) is 15.9 Å². The molecule has 1 aromatic carbocycles. The molecule has 1 saturated heterocycles. The summed E-state index contributed by atoms with van der Waals surface area (Å²) in [6.45, 7) is 0.542. The van der Waals surface area contributed by atoms with E-state index < -0.39 is 15.2 Å². The smallest absolute Gasteiger partial charge is 0.265 e. The number of halogens is 3. The maximum absolute atomic E-state index is 11.8. The van der Waals surface area contributed by atoms with E-state index in [1.165, 1.54) is 17.0 Å². The molecule has 0 spiro atoms. The molecule has 0 radical (unpaired) electrons. The van der Waals surface area contributed by atoms with Crippen LogP contribution in [-0.4, -0.2) is 38.9 Å². The summed E-state index contributed by atoms with van der Waals surface area (Å²) < 4.78 is 29.1. The van der Waals surface area contributed by atoms with Crippen LogP contribution in [0.1, 0.15) is 6.42 Å². The highest BCUT2D eigenvalue weighted by atomic mass is 79.9. The summed E-state index contributed by atoms with van der Waals surface area (Å²) in [6, 6.07) is 2.76. The monoisotopic (exact) mass is 401 g/mol. The molecule has 20 heavy (non-hydrogen) atoms. The summed E-state index contributed by atoms with van der Waals surface area (Å²) in [5.74, 6) is -0.319. The maximum Gasteiger partial charge on any atom is 0.265 e. The number of likely N-dealkylation sites (N-methyl/N-ethyl adjacent to an activating group) is 1. The molecule has 1 unspecified atom stereocenters. The Labute approximate surface area is 134 Å². The van der Waals surface area contributed by atoms with E-state index in [9.17, 15) is 13.2 Å². The van der Waals surface area contributed by atoms with Crippen molar-refractivity contribution in [2.75, 3.05) is 13.6 Å². The van der Waals surface area contributed by atoms with E-state index in [4.69, 9.17) is 27.0 Å². The number of hydrogen-bond donors (Lipinski definition) is 0. The Hall–Kier alpha value is -0.500. The molecule has 1 aliphatic rings. The summed E-state index contributed by atoms with van der Waals surface area (Å²) in [7, 11) is 2.98. The van der Waals surface area contributed by atoms with Crippen molar-refractivity contribution in [2.24, 2.45) is 0 Å². The average molecular weight is 403 g/mol. The van der Waals surface area contributed by atoms with Gasteiger partial charge in [0, 0.05) is 35.2 Å². The Morgan fingerprint density at radius 2 is 2.10 bits per heavy atom. The van der Waals surface area contributed by atoms with Crippen LogP contribution in [-0.2, 0) is 13.8 Å². The Bertz CT molecular complexity index is 665. The van der Waals surface area contributed by atoms with E-state index in [-0.39, 0.29) is 21.6 Å². The lowest BCUT2D eigenvalue weighted by atomic mass is 10.3. The lowest BCUT2D eigenvalue weighted by Gasteiger charge is -2.16. The molecule has 2 rings (SSSR count). The lowest BCUT2D eigenvalue weighted by Crippen LogP contribution is -2.29. The summed E-state index contributed by atoms with van der Waals surface area (Å²) in [5, 5.41) is 0.0703. The maximum atomic E-state index is 11.8. The molecule has 1 heterocycles. The highest BCUT2D eigenvalue weighted by Gasteiger charge is 2.33. The zero-order chi connectivity index (χ0) is 15.1. The second kappa shape index (κ2) is 5.71. The van der Waals surface area contributed by atoms with Gasteiger partial charge in [0.2, 0.25) is 0 Å². The fourth-order valence-electron chi connectivity index (χ4n) is 1.87. The Balaban J connectivity index is 2.44. The van der Waals surface area contributed by atoms with Crippen molar-refractivity contribution < 1.29 is 17.9 Å². The highest BCUT2D eigenvalue weighted by molar-refractivity contribution is 9.10. The molecule has 0 aromatic heterocycles. The first-order valence-corrected chi connectivity index (χ1v) is 9.03. The number of nitrogens with zero attached hydrogens (tertiary/aromatic N) is 1. The third-order valence-corrected chi connectivity index (χ3v) is 4.94. The van der Waals surface area contributed by atoms with Crippen LogP contribution >= 0.6 is 38.2 Å². The van der Waals surface area contributed by atoms with Gasteiger partial charge in [0.05, 0.1) is 5.02 Å². The van der Waals surface area contributed by atoms with Crippen molar-refractivity contribution >= 4 is 53.2 Å². The molecule has 5 nitrogen and oxygen atoms in total. The first kappa shape index (κ1) is 15.9. The molecule has 0 N–H and O–H groups in total. The molecular formula is C11H10BrCl2NO4S. The number of benzene rings is 1. The largest absolute Gasteiger partial charge is 0.478 e. The van der Waals surface area contributed by atoms with Gasteiger partial charge in [-0.15, -0.1) is 0 Å². The zero-order valence-corrected chi connectivity index (χ0v) is 14.2. The SMILES string of the molecule is CN1CCC(Oc2c(Cl)cc(Br)cc2S(=O)(=O)Cl)C1=O. The van der Waals surface area contributed by atoms with Crippen LogP contribution in [0, 0.1) is 0 Å². The van der Waals surface area contributed by atoms with Crippen LogP contribution in [0.4, 0.5) is 0 Å². The molecule has 0 saturated carbocycles. The molecule has 1 atom stereocenters. The molecule has 110 valence electrons. The first-order chi connectivity index (χ1) is 9.20. The summed E-state index contributed by atoms with van der Waals surface area (Å²) in [4.78, 5) is 13.1.